The lowest BCUT2D eigenvalue weighted by molar-refractivity contribution is 1.31. The molecule has 0 saturated heterocycles. The highest BCUT2D eigenvalue weighted by molar-refractivity contribution is 14.1. The minimum atomic E-state index is 0.361. The van der Waals surface area contributed by atoms with Gasteiger partial charge < -0.3 is 5.32 Å². The zero-order valence-corrected chi connectivity index (χ0v) is 8.00. The fourth-order valence-corrected chi connectivity index (χ4v) is 1.28. The first-order valence-corrected chi connectivity index (χ1v) is 4.27. The number of benzene rings is 1. The molecule has 0 aliphatic carbocycles. The summed E-state index contributed by atoms with van der Waals surface area (Å²) >= 11 is 2.23. The molecule has 11 heavy (non-hydrogen) atoms. The summed E-state index contributed by atoms with van der Waals surface area (Å²) in [6, 6.07) is 9.94. The van der Waals surface area contributed by atoms with Gasteiger partial charge in [-0.15, -0.1) is 0 Å². The summed E-state index contributed by atoms with van der Waals surface area (Å²) in [4.78, 5) is 0. The first-order chi connectivity index (χ1) is 5.33. The van der Waals surface area contributed by atoms with E-state index in [1.807, 2.05) is 30.3 Å². The SMILES string of the molecule is N#CCNc1cccc(I)c1. The zero-order chi connectivity index (χ0) is 8.10. The van der Waals surface area contributed by atoms with E-state index in [0.717, 1.165) is 5.69 Å². The second-order valence-electron chi connectivity index (χ2n) is 2.02. The van der Waals surface area contributed by atoms with Crippen molar-refractivity contribution >= 4 is 28.3 Å². The second kappa shape index (κ2) is 4.19. The maximum absolute atomic E-state index is 8.28. The smallest absolute Gasteiger partial charge is 0.103 e. The van der Waals surface area contributed by atoms with Crippen molar-refractivity contribution in [2.24, 2.45) is 0 Å². The average Bonchev–Trinajstić information content (AvgIpc) is 2.01. The fraction of sp³-hybridized carbons (Fsp3) is 0.125. The van der Waals surface area contributed by atoms with E-state index in [1.54, 1.807) is 0 Å². The minimum absolute atomic E-state index is 0.361. The molecular formula is C8H7IN2. The van der Waals surface area contributed by atoms with Gasteiger partial charge in [-0.3, -0.25) is 0 Å². The van der Waals surface area contributed by atoms with Crippen LogP contribution in [0.5, 0.6) is 0 Å². The Morgan fingerprint density at radius 2 is 2.36 bits per heavy atom. The lowest BCUT2D eigenvalue weighted by Crippen LogP contribution is -1.97. The van der Waals surface area contributed by atoms with E-state index >= 15 is 0 Å². The number of hydrogen-bond acceptors (Lipinski definition) is 2. The van der Waals surface area contributed by atoms with E-state index in [4.69, 9.17) is 5.26 Å². The number of nitriles is 1. The molecule has 1 aromatic rings. The molecule has 0 heterocycles. The highest BCUT2D eigenvalue weighted by Crippen LogP contribution is 2.11. The zero-order valence-electron chi connectivity index (χ0n) is 5.84. The number of nitrogens with zero attached hydrogens (tertiary/aromatic N) is 1. The van der Waals surface area contributed by atoms with E-state index < -0.39 is 0 Å². The van der Waals surface area contributed by atoms with Crippen LogP contribution in [0.1, 0.15) is 0 Å². The third-order valence-electron chi connectivity index (χ3n) is 1.20. The summed E-state index contributed by atoms with van der Waals surface area (Å²) < 4.78 is 1.17. The number of rotatable bonds is 2. The molecule has 1 N–H and O–H groups in total. The third-order valence-corrected chi connectivity index (χ3v) is 1.87. The normalized spacial score (nSPS) is 8.73. The van der Waals surface area contributed by atoms with Gasteiger partial charge in [0.2, 0.25) is 0 Å². The molecule has 0 fully saturated rings. The highest BCUT2D eigenvalue weighted by Gasteiger charge is 1.89. The summed E-state index contributed by atoms with van der Waals surface area (Å²) in [5.74, 6) is 0. The molecule has 1 aromatic carbocycles. The molecule has 1 rings (SSSR count). The van der Waals surface area contributed by atoms with Crippen molar-refractivity contribution in [1.29, 1.82) is 5.26 Å². The van der Waals surface area contributed by atoms with Crippen molar-refractivity contribution in [3.8, 4) is 6.07 Å². The molecule has 0 saturated carbocycles. The van der Waals surface area contributed by atoms with Crippen molar-refractivity contribution in [3.05, 3.63) is 27.8 Å². The van der Waals surface area contributed by atoms with Crippen LogP contribution < -0.4 is 5.32 Å². The van der Waals surface area contributed by atoms with Gasteiger partial charge >= 0.3 is 0 Å². The summed E-state index contributed by atoms with van der Waals surface area (Å²) in [5, 5.41) is 11.3. The van der Waals surface area contributed by atoms with Crippen molar-refractivity contribution in [1.82, 2.24) is 0 Å². The van der Waals surface area contributed by atoms with Crippen LogP contribution in [0.25, 0.3) is 0 Å². The number of anilines is 1. The summed E-state index contributed by atoms with van der Waals surface area (Å²) in [5.41, 5.74) is 0.999. The highest BCUT2D eigenvalue weighted by atomic mass is 127. The Morgan fingerprint density at radius 3 is 3.00 bits per heavy atom. The Hall–Kier alpha value is -0.760. The summed E-state index contributed by atoms with van der Waals surface area (Å²) in [6.45, 7) is 0.361. The van der Waals surface area contributed by atoms with E-state index in [1.165, 1.54) is 3.57 Å². The van der Waals surface area contributed by atoms with Crippen LogP contribution in [0.15, 0.2) is 24.3 Å². The van der Waals surface area contributed by atoms with Gasteiger partial charge in [0.05, 0.1) is 6.07 Å². The van der Waals surface area contributed by atoms with Gasteiger partial charge in [-0.1, -0.05) is 6.07 Å². The lowest BCUT2D eigenvalue weighted by atomic mass is 10.3. The molecule has 56 valence electrons. The van der Waals surface area contributed by atoms with Crippen LogP contribution in [-0.4, -0.2) is 6.54 Å². The first kappa shape index (κ1) is 8.34. The van der Waals surface area contributed by atoms with Crippen LogP contribution in [0.3, 0.4) is 0 Å². The predicted molar refractivity (Wildman–Crippen MR) is 53.3 cm³/mol. The molecule has 0 aliphatic heterocycles. The molecular weight excluding hydrogens is 251 g/mol. The molecule has 0 spiro atoms. The topological polar surface area (TPSA) is 35.8 Å². The largest absolute Gasteiger partial charge is 0.372 e. The maximum atomic E-state index is 8.28. The molecule has 2 nitrogen and oxygen atoms in total. The van der Waals surface area contributed by atoms with Gasteiger partial charge in [-0.05, 0) is 40.8 Å². The molecule has 0 radical (unpaired) electrons. The summed E-state index contributed by atoms with van der Waals surface area (Å²) in [6.07, 6.45) is 0. The number of halogens is 1. The monoisotopic (exact) mass is 258 g/mol. The Bertz CT molecular complexity index is 278. The third kappa shape index (κ3) is 2.76. The van der Waals surface area contributed by atoms with E-state index in [2.05, 4.69) is 27.9 Å². The maximum Gasteiger partial charge on any atom is 0.103 e. The van der Waals surface area contributed by atoms with Crippen molar-refractivity contribution in [2.45, 2.75) is 0 Å². The molecule has 0 amide bonds. The molecule has 0 aliphatic rings. The molecule has 3 heteroatoms. The first-order valence-electron chi connectivity index (χ1n) is 3.19. The number of nitrogens with one attached hydrogen (secondary N) is 1. The minimum Gasteiger partial charge on any atom is -0.372 e. The molecule has 0 unspecified atom stereocenters. The summed E-state index contributed by atoms with van der Waals surface area (Å²) in [7, 11) is 0. The van der Waals surface area contributed by atoms with Crippen LogP contribution in [-0.2, 0) is 0 Å². The Balaban J connectivity index is 2.65. The van der Waals surface area contributed by atoms with Crippen LogP contribution in [0, 0.1) is 14.9 Å². The quantitative estimate of drug-likeness (QED) is 0.652. The van der Waals surface area contributed by atoms with Gasteiger partial charge in [0.15, 0.2) is 0 Å². The van der Waals surface area contributed by atoms with Crippen LogP contribution in [0.2, 0.25) is 0 Å². The average molecular weight is 258 g/mol. The molecule has 0 bridgehead atoms. The fourth-order valence-electron chi connectivity index (χ4n) is 0.740. The van der Waals surface area contributed by atoms with Crippen LogP contribution >= 0.6 is 22.6 Å². The van der Waals surface area contributed by atoms with Crippen molar-refractivity contribution in [2.75, 3.05) is 11.9 Å². The standard InChI is InChI=1S/C8H7IN2/c9-7-2-1-3-8(6-7)11-5-4-10/h1-3,6,11H,5H2. The predicted octanol–water partition coefficient (Wildman–Crippen LogP) is 2.23. The second-order valence-corrected chi connectivity index (χ2v) is 3.27. The van der Waals surface area contributed by atoms with Crippen LogP contribution in [0.4, 0.5) is 5.69 Å². The van der Waals surface area contributed by atoms with E-state index in [0.29, 0.717) is 6.54 Å². The molecule has 0 aromatic heterocycles. The Labute approximate surface area is 79.4 Å². The van der Waals surface area contributed by atoms with Gasteiger partial charge in [-0.2, -0.15) is 5.26 Å². The Kier molecular flexibility index (Phi) is 3.17. The van der Waals surface area contributed by atoms with Gasteiger partial charge in [0, 0.05) is 9.26 Å². The van der Waals surface area contributed by atoms with E-state index in [-0.39, 0.29) is 0 Å². The van der Waals surface area contributed by atoms with Gasteiger partial charge in [0.25, 0.3) is 0 Å². The van der Waals surface area contributed by atoms with Crippen molar-refractivity contribution in [3.63, 3.8) is 0 Å². The Morgan fingerprint density at radius 1 is 1.55 bits per heavy atom. The number of hydrogen-bond donors (Lipinski definition) is 1. The van der Waals surface area contributed by atoms with Crippen molar-refractivity contribution < 1.29 is 0 Å². The van der Waals surface area contributed by atoms with E-state index in [9.17, 15) is 0 Å². The molecule has 0 atom stereocenters. The van der Waals surface area contributed by atoms with Gasteiger partial charge in [-0.25, -0.2) is 0 Å². The lowest BCUT2D eigenvalue weighted by Gasteiger charge is -2.00. The van der Waals surface area contributed by atoms with Gasteiger partial charge in [0.1, 0.15) is 6.54 Å².